The fourth-order valence-electron chi connectivity index (χ4n) is 1.64. The fourth-order valence-corrected chi connectivity index (χ4v) is 1.64. The highest BCUT2D eigenvalue weighted by atomic mass is 16.5. The van der Waals surface area contributed by atoms with E-state index in [1.165, 1.54) is 0 Å². The number of hydrogen-bond donors (Lipinski definition) is 1. The number of rotatable bonds is 5. The Morgan fingerprint density at radius 1 is 1.56 bits per heavy atom. The molecule has 0 aromatic heterocycles. The van der Waals surface area contributed by atoms with E-state index in [2.05, 4.69) is 0 Å². The van der Waals surface area contributed by atoms with Crippen LogP contribution in [0.5, 0.6) is 0 Å². The molecule has 5 nitrogen and oxygen atoms in total. The molecule has 1 amide bonds. The molecule has 0 aromatic rings. The van der Waals surface area contributed by atoms with Crippen molar-refractivity contribution in [3.63, 3.8) is 0 Å². The topological polar surface area (TPSA) is 64.8 Å². The zero-order valence-electron chi connectivity index (χ0n) is 10.3. The summed E-state index contributed by atoms with van der Waals surface area (Å²) in [6.45, 7) is 6.02. The highest BCUT2D eigenvalue weighted by Gasteiger charge is 2.33. The molecule has 0 bridgehead atoms. The summed E-state index contributed by atoms with van der Waals surface area (Å²) in [6.07, 6.45) is 0.195. The van der Waals surface area contributed by atoms with Gasteiger partial charge < -0.3 is 20.1 Å². The zero-order chi connectivity index (χ0) is 12.1. The van der Waals surface area contributed by atoms with Gasteiger partial charge in [0, 0.05) is 19.6 Å². The van der Waals surface area contributed by atoms with Crippen LogP contribution >= 0.6 is 0 Å². The minimum absolute atomic E-state index is 0.0531. The molecule has 1 aliphatic rings. The van der Waals surface area contributed by atoms with Crippen LogP contribution in [0.3, 0.4) is 0 Å². The van der Waals surface area contributed by atoms with Crippen molar-refractivity contribution in [3.05, 3.63) is 0 Å². The summed E-state index contributed by atoms with van der Waals surface area (Å²) in [5, 5.41) is 0. The summed E-state index contributed by atoms with van der Waals surface area (Å²) in [5.41, 5.74) is 5.79. The average Bonchev–Trinajstić information content (AvgIpc) is 2.62. The van der Waals surface area contributed by atoms with E-state index < -0.39 is 0 Å². The Hall–Kier alpha value is -0.650. The third kappa shape index (κ3) is 3.73. The van der Waals surface area contributed by atoms with Crippen molar-refractivity contribution < 1.29 is 14.3 Å². The molecule has 94 valence electrons. The van der Waals surface area contributed by atoms with Gasteiger partial charge >= 0.3 is 0 Å². The van der Waals surface area contributed by atoms with Crippen LogP contribution in [0.4, 0.5) is 0 Å². The standard InChI is InChI=1S/C11H22N2O3/c1-8(2)16-5-4-13(3)11(14)9-6-15-7-10(9)12/h8-10H,4-7,12H2,1-3H3. The lowest BCUT2D eigenvalue weighted by molar-refractivity contribution is -0.135. The number of amides is 1. The Labute approximate surface area is 96.9 Å². The van der Waals surface area contributed by atoms with Gasteiger partial charge in [-0.05, 0) is 13.8 Å². The van der Waals surface area contributed by atoms with Crippen molar-refractivity contribution >= 4 is 5.91 Å². The van der Waals surface area contributed by atoms with Crippen molar-refractivity contribution in [2.24, 2.45) is 11.7 Å². The van der Waals surface area contributed by atoms with Crippen molar-refractivity contribution in [1.82, 2.24) is 4.90 Å². The van der Waals surface area contributed by atoms with E-state index in [-0.39, 0.29) is 24.0 Å². The molecule has 2 N–H and O–H groups in total. The summed E-state index contributed by atoms with van der Waals surface area (Å²) >= 11 is 0. The second-order valence-corrected chi connectivity index (χ2v) is 4.49. The van der Waals surface area contributed by atoms with Gasteiger partial charge in [0.05, 0.1) is 31.8 Å². The summed E-state index contributed by atoms with van der Waals surface area (Å²) in [4.78, 5) is 13.6. The van der Waals surface area contributed by atoms with Gasteiger partial charge in [0.25, 0.3) is 0 Å². The van der Waals surface area contributed by atoms with Crippen molar-refractivity contribution in [3.8, 4) is 0 Å². The monoisotopic (exact) mass is 230 g/mol. The number of hydrogen-bond acceptors (Lipinski definition) is 4. The summed E-state index contributed by atoms with van der Waals surface area (Å²) in [6, 6.07) is -0.166. The second kappa shape index (κ2) is 6.18. The van der Waals surface area contributed by atoms with Crippen LogP contribution in [0.15, 0.2) is 0 Å². The minimum Gasteiger partial charge on any atom is -0.379 e. The third-order valence-corrected chi connectivity index (χ3v) is 2.70. The maximum absolute atomic E-state index is 11.9. The first-order valence-electron chi connectivity index (χ1n) is 5.72. The van der Waals surface area contributed by atoms with Crippen LogP contribution in [0.1, 0.15) is 13.8 Å². The lowest BCUT2D eigenvalue weighted by Gasteiger charge is -2.22. The first-order valence-corrected chi connectivity index (χ1v) is 5.72. The molecular formula is C11H22N2O3. The molecule has 1 heterocycles. The number of ether oxygens (including phenoxy) is 2. The van der Waals surface area contributed by atoms with Crippen molar-refractivity contribution in [2.75, 3.05) is 33.4 Å². The molecule has 1 aliphatic heterocycles. The molecule has 2 atom stereocenters. The Balaban J connectivity index is 2.30. The molecule has 0 saturated carbocycles. The van der Waals surface area contributed by atoms with Crippen LogP contribution in [0.25, 0.3) is 0 Å². The average molecular weight is 230 g/mol. The Bertz CT molecular complexity index is 233. The molecule has 2 unspecified atom stereocenters. The lowest BCUT2D eigenvalue weighted by Crippen LogP contribution is -2.43. The summed E-state index contributed by atoms with van der Waals surface area (Å²) < 4.78 is 10.6. The molecule has 1 fully saturated rings. The molecule has 0 aromatic carbocycles. The van der Waals surface area contributed by atoms with Crippen molar-refractivity contribution in [1.29, 1.82) is 0 Å². The maximum Gasteiger partial charge on any atom is 0.229 e. The van der Waals surface area contributed by atoms with Gasteiger partial charge in [-0.15, -0.1) is 0 Å². The van der Waals surface area contributed by atoms with Gasteiger partial charge in [0.2, 0.25) is 5.91 Å². The van der Waals surface area contributed by atoms with Crippen molar-refractivity contribution in [2.45, 2.75) is 26.0 Å². The Morgan fingerprint density at radius 2 is 2.25 bits per heavy atom. The quantitative estimate of drug-likeness (QED) is 0.713. The lowest BCUT2D eigenvalue weighted by atomic mass is 10.0. The van der Waals surface area contributed by atoms with E-state index >= 15 is 0 Å². The molecule has 0 radical (unpaired) electrons. The second-order valence-electron chi connectivity index (χ2n) is 4.49. The first-order chi connectivity index (χ1) is 7.52. The van der Waals surface area contributed by atoms with Crippen LogP contribution in [0, 0.1) is 5.92 Å². The molecule has 0 aliphatic carbocycles. The summed E-state index contributed by atoms with van der Waals surface area (Å²) in [7, 11) is 1.77. The number of nitrogens with two attached hydrogens (primary N) is 1. The number of nitrogens with zero attached hydrogens (tertiary/aromatic N) is 1. The van der Waals surface area contributed by atoms with Gasteiger partial charge in [-0.3, -0.25) is 4.79 Å². The van der Waals surface area contributed by atoms with Crippen LogP contribution < -0.4 is 5.73 Å². The predicted octanol–water partition coefficient (Wildman–Crippen LogP) is -0.156. The first kappa shape index (κ1) is 13.4. The molecule has 1 saturated heterocycles. The minimum atomic E-state index is -0.191. The van der Waals surface area contributed by atoms with E-state index in [0.29, 0.717) is 26.4 Å². The normalized spacial score (nSPS) is 25.1. The largest absolute Gasteiger partial charge is 0.379 e. The highest BCUT2D eigenvalue weighted by molar-refractivity contribution is 5.79. The molecule has 16 heavy (non-hydrogen) atoms. The molecule has 0 spiro atoms. The van der Waals surface area contributed by atoms with Gasteiger partial charge in [-0.1, -0.05) is 0 Å². The predicted molar refractivity (Wildman–Crippen MR) is 61.0 cm³/mol. The molecule has 5 heteroatoms. The van der Waals surface area contributed by atoms with Gasteiger partial charge in [0.15, 0.2) is 0 Å². The van der Waals surface area contributed by atoms with E-state index in [1.807, 2.05) is 13.8 Å². The maximum atomic E-state index is 11.9. The van der Waals surface area contributed by atoms with E-state index in [1.54, 1.807) is 11.9 Å². The number of carbonyl (C=O) groups excluding carboxylic acids is 1. The van der Waals surface area contributed by atoms with Crippen LogP contribution in [0.2, 0.25) is 0 Å². The Kier molecular flexibility index (Phi) is 5.18. The highest BCUT2D eigenvalue weighted by Crippen LogP contribution is 2.14. The smallest absolute Gasteiger partial charge is 0.229 e. The molecular weight excluding hydrogens is 208 g/mol. The Morgan fingerprint density at radius 3 is 2.75 bits per heavy atom. The van der Waals surface area contributed by atoms with E-state index in [4.69, 9.17) is 15.2 Å². The SMILES string of the molecule is CC(C)OCCN(C)C(=O)C1COCC1N. The number of carbonyl (C=O) groups is 1. The number of likely N-dealkylation sites (N-methyl/N-ethyl adjacent to an activating group) is 1. The van der Waals surface area contributed by atoms with E-state index in [0.717, 1.165) is 0 Å². The van der Waals surface area contributed by atoms with Crippen LogP contribution in [-0.2, 0) is 14.3 Å². The molecule has 1 rings (SSSR count). The van der Waals surface area contributed by atoms with Crippen LogP contribution in [-0.4, -0.2) is 56.4 Å². The van der Waals surface area contributed by atoms with Gasteiger partial charge in [0.1, 0.15) is 0 Å². The fraction of sp³-hybridized carbons (Fsp3) is 0.909. The van der Waals surface area contributed by atoms with Gasteiger partial charge in [-0.2, -0.15) is 0 Å². The van der Waals surface area contributed by atoms with E-state index in [9.17, 15) is 4.79 Å². The zero-order valence-corrected chi connectivity index (χ0v) is 10.3. The van der Waals surface area contributed by atoms with Gasteiger partial charge in [-0.25, -0.2) is 0 Å². The third-order valence-electron chi connectivity index (χ3n) is 2.70. The summed E-state index contributed by atoms with van der Waals surface area (Å²) in [5.74, 6) is -0.138.